The van der Waals surface area contributed by atoms with Gasteiger partial charge in [-0.3, -0.25) is 4.79 Å². The molecule has 1 aliphatic carbocycles. The predicted octanol–water partition coefficient (Wildman–Crippen LogP) is 3.57. The maximum Gasteiger partial charge on any atom is 0.307 e. The third-order valence-corrected chi connectivity index (χ3v) is 6.18. The first kappa shape index (κ1) is 15.2. The molecule has 4 heteroatoms. The number of carboxylic acid groups (broad SMARTS) is 1. The first-order valence-corrected chi connectivity index (χ1v) is 8.61. The van der Waals surface area contributed by atoms with Gasteiger partial charge in [0, 0.05) is 23.7 Å². The van der Waals surface area contributed by atoms with E-state index in [0.29, 0.717) is 10.5 Å². The van der Waals surface area contributed by atoms with E-state index in [4.69, 9.17) is 4.74 Å². The van der Waals surface area contributed by atoms with Gasteiger partial charge in [0.25, 0.3) is 0 Å². The minimum atomic E-state index is -0.584. The fraction of sp³-hybridized carbons (Fsp3) is 0.933. The van der Waals surface area contributed by atoms with Gasteiger partial charge < -0.3 is 9.84 Å². The molecule has 19 heavy (non-hydrogen) atoms. The van der Waals surface area contributed by atoms with Crippen LogP contribution >= 0.6 is 11.8 Å². The van der Waals surface area contributed by atoms with E-state index in [-0.39, 0.29) is 5.92 Å². The monoisotopic (exact) mass is 286 g/mol. The number of ether oxygens (including phenoxy) is 1. The van der Waals surface area contributed by atoms with Crippen LogP contribution in [0.4, 0.5) is 0 Å². The molecule has 3 atom stereocenters. The molecule has 1 N–H and O–H groups in total. The van der Waals surface area contributed by atoms with Crippen LogP contribution in [0, 0.1) is 11.8 Å². The summed E-state index contributed by atoms with van der Waals surface area (Å²) in [4.78, 5) is 11.4. The number of carboxylic acids is 1. The summed E-state index contributed by atoms with van der Waals surface area (Å²) in [5.41, 5.74) is 0. The first-order chi connectivity index (χ1) is 9.20. The number of aliphatic carboxylic acids is 1. The van der Waals surface area contributed by atoms with Crippen molar-refractivity contribution in [3.05, 3.63) is 0 Å². The van der Waals surface area contributed by atoms with Crippen LogP contribution in [-0.4, -0.2) is 34.8 Å². The molecule has 3 unspecified atom stereocenters. The van der Waals surface area contributed by atoms with Gasteiger partial charge in [0.2, 0.25) is 0 Å². The zero-order valence-electron chi connectivity index (χ0n) is 11.8. The molecule has 0 aromatic rings. The van der Waals surface area contributed by atoms with Crippen molar-refractivity contribution in [2.75, 3.05) is 13.2 Å². The van der Waals surface area contributed by atoms with Crippen molar-refractivity contribution in [2.45, 2.75) is 62.4 Å². The molecule has 2 aliphatic rings. The maximum atomic E-state index is 11.4. The van der Waals surface area contributed by atoms with Crippen LogP contribution in [0.5, 0.6) is 0 Å². The molecule has 1 saturated heterocycles. The van der Waals surface area contributed by atoms with Crippen LogP contribution in [0.3, 0.4) is 0 Å². The van der Waals surface area contributed by atoms with Crippen molar-refractivity contribution in [3.8, 4) is 0 Å². The van der Waals surface area contributed by atoms with E-state index in [1.165, 1.54) is 12.8 Å². The van der Waals surface area contributed by atoms with Gasteiger partial charge in [-0.1, -0.05) is 19.8 Å². The molecule has 1 heterocycles. The highest BCUT2D eigenvalue weighted by molar-refractivity contribution is 8.00. The van der Waals surface area contributed by atoms with E-state index < -0.39 is 5.97 Å². The number of carbonyl (C=O) groups is 1. The van der Waals surface area contributed by atoms with Crippen molar-refractivity contribution in [2.24, 2.45) is 11.8 Å². The number of thioether (sulfide) groups is 1. The Morgan fingerprint density at radius 2 is 2.00 bits per heavy atom. The summed E-state index contributed by atoms with van der Waals surface area (Å²) in [5, 5.41) is 10.4. The SMILES string of the molecule is CCCC1CCC(C(=O)O)C(SC2CCOCC2)C1. The second-order valence-electron chi connectivity index (χ2n) is 5.90. The average molecular weight is 286 g/mol. The summed E-state index contributed by atoms with van der Waals surface area (Å²) in [7, 11) is 0. The van der Waals surface area contributed by atoms with Crippen LogP contribution in [0.1, 0.15) is 51.9 Å². The van der Waals surface area contributed by atoms with Gasteiger partial charge in [0.05, 0.1) is 5.92 Å². The summed E-state index contributed by atoms with van der Waals surface area (Å²) >= 11 is 1.95. The quantitative estimate of drug-likeness (QED) is 0.839. The fourth-order valence-electron chi connectivity index (χ4n) is 3.37. The van der Waals surface area contributed by atoms with Crippen molar-refractivity contribution < 1.29 is 14.6 Å². The Hall–Kier alpha value is -0.220. The topological polar surface area (TPSA) is 46.5 Å². The molecule has 0 radical (unpaired) electrons. The number of hydrogen-bond donors (Lipinski definition) is 1. The Balaban J connectivity index is 1.92. The molecular weight excluding hydrogens is 260 g/mol. The minimum Gasteiger partial charge on any atom is -0.481 e. The summed E-state index contributed by atoms with van der Waals surface area (Å²) in [6.45, 7) is 3.92. The molecule has 2 rings (SSSR count). The Kier molecular flexibility index (Phi) is 6.02. The minimum absolute atomic E-state index is 0.124. The lowest BCUT2D eigenvalue weighted by Crippen LogP contribution is -2.35. The molecule has 0 amide bonds. The highest BCUT2D eigenvalue weighted by atomic mass is 32.2. The molecule has 1 saturated carbocycles. The van der Waals surface area contributed by atoms with E-state index in [1.807, 2.05) is 11.8 Å². The lowest BCUT2D eigenvalue weighted by molar-refractivity contribution is -0.142. The number of rotatable bonds is 5. The van der Waals surface area contributed by atoms with E-state index in [1.54, 1.807) is 0 Å². The Morgan fingerprint density at radius 3 is 2.63 bits per heavy atom. The third-order valence-electron chi connectivity index (χ3n) is 4.45. The molecule has 2 fully saturated rings. The molecule has 0 bridgehead atoms. The normalized spacial score (nSPS) is 33.2. The number of hydrogen-bond acceptors (Lipinski definition) is 3. The van der Waals surface area contributed by atoms with Gasteiger partial charge in [-0.25, -0.2) is 0 Å². The molecule has 1 aliphatic heterocycles. The first-order valence-electron chi connectivity index (χ1n) is 7.66. The molecule has 3 nitrogen and oxygen atoms in total. The third kappa shape index (κ3) is 4.38. The summed E-state index contributed by atoms with van der Waals surface area (Å²) in [6, 6.07) is 0. The molecule has 0 spiro atoms. The van der Waals surface area contributed by atoms with E-state index in [9.17, 15) is 9.90 Å². The van der Waals surface area contributed by atoms with E-state index >= 15 is 0 Å². The van der Waals surface area contributed by atoms with Crippen LogP contribution in [0.25, 0.3) is 0 Å². The predicted molar refractivity (Wildman–Crippen MR) is 78.6 cm³/mol. The molecule has 0 aromatic carbocycles. The molecule has 110 valence electrons. The van der Waals surface area contributed by atoms with Crippen molar-refractivity contribution in [3.63, 3.8) is 0 Å². The van der Waals surface area contributed by atoms with Crippen LogP contribution in [0.2, 0.25) is 0 Å². The van der Waals surface area contributed by atoms with Crippen LogP contribution in [-0.2, 0) is 9.53 Å². The zero-order chi connectivity index (χ0) is 13.7. The van der Waals surface area contributed by atoms with Gasteiger partial charge in [-0.15, -0.1) is 0 Å². The van der Waals surface area contributed by atoms with Gasteiger partial charge in [-0.05, 0) is 38.0 Å². The van der Waals surface area contributed by atoms with Gasteiger partial charge in [0.1, 0.15) is 0 Å². The second kappa shape index (κ2) is 7.53. The smallest absolute Gasteiger partial charge is 0.307 e. The van der Waals surface area contributed by atoms with E-state index in [0.717, 1.165) is 51.2 Å². The largest absolute Gasteiger partial charge is 0.481 e. The van der Waals surface area contributed by atoms with Gasteiger partial charge in [0.15, 0.2) is 0 Å². The highest BCUT2D eigenvalue weighted by Gasteiger charge is 2.36. The Labute approximate surface area is 120 Å². The average Bonchev–Trinajstić information content (AvgIpc) is 2.40. The van der Waals surface area contributed by atoms with Crippen molar-refractivity contribution in [1.29, 1.82) is 0 Å². The Morgan fingerprint density at radius 1 is 1.26 bits per heavy atom. The maximum absolute atomic E-state index is 11.4. The summed E-state index contributed by atoms with van der Waals surface area (Å²) < 4.78 is 5.39. The van der Waals surface area contributed by atoms with Crippen molar-refractivity contribution in [1.82, 2.24) is 0 Å². The Bertz CT molecular complexity index is 289. The van der Waals surface area contributed by atoms with Gasteiger partial charge in [-0.2, -0.15) is 11.8 Å². The summed E-state index contributed by atoms with van der Waals surface area (Å²) in [6.07, 6.45) is 7.75. The lowest BCUT2D eigenvalue weighted by Gasteiger charge is -2.36. The molecular formula is C15H26O3S. The summed E-state index contributed by atoms with van der Waals surface area (Å²) in [5.74, 6) is 0.0402. The fourth-order valence-corrected chi connectivity index (χ4v) is 5.16. The zero-order valence-corrected chi connectivity index (χ0v) is 12.7. The highest BCUT2D eigenvalue weighted by Crippen LogP contribution is 2.41. The van der Waals surface area contributed by atoms with Crippen LogP contribution in [0.15, 0.2) is 0 Å². The standard InChI is InChI=1S/C15H26O3S/c1-2-3-11-4-5-13(15(16)17)14(10-11)19-12-6-8-18-9-7-12/h11-14H,2-10H2,1H3,(H,16,17). The van der Waals surface area contributed by atoms with Crippen LogP contribution < -0.4 is 0 Å². The lowest BCUT2D eigenvalue weighted by atomic mass is 9.80. The second-order valence-corrected chi connectivity index (χ2v) is 7.44. The van der Waals surface area contributed by atoms with Gasteiger partial charge >= 0.3 is 5.97 Å². The van der Waals surface area contributed by atoms with Crippen molar-refractivity contribution >= 4 is 17.7 Å². The molecule has 0 aromatic heterocycles. The van der Waals surface area contributed by atoms with E-state index in [2.05, 4.69) is 6.92 Å².